The first-order valence-electron chi connectivity index (χ1n) is 5.67. The lowest BCUT2D eigenvalue weighted by Crippen LogP contribution is -2.27. The molecule has 16 heavy (non-hydrogen) atoms. The molecule has 0 saturated heterocycles. The molecule has 1 saturated carbocycles. The number of hydrogen-bond acceptors (Lipinski definition) is 3. The third-order valence-electron chi connectivity index (χ3n) is 3.20. The van der Waals surface area contributed by atoms with E-state index in [9.17, 15) is 4.79 Å². The van der Waals surface area contributed by atoms with Gasteiger partial charge in [-0.3, -0.25) is 0 Å². The van der Waals surface area contributed by atoms with Crippen molar-refractivity contribution in [3.63, 3.8) is 0 Å². The van der Waals surface area contributed by atoms with Crippen LogP contribution in [0.4, 0.5) is 5.69 Å². The summed E-state index contributed by atoms with van der Waals surface area (Å²) in [7, 11) is 1.41. The maximum absolute atomic E-state index is 11.5. The quantitative estimate of drug-likeness (QED) is 0.794. The van der Waals surface area contributed by atoms with Crippen molar-refractivity contribution in [2.24, 2.45) is 0 Å². The van der Waals surface area contributed by atoms with Crippen molar-refractivity contribution < 1.29 is 9.53 Å². The predicted molar refractivity (Wildman–Crippen MR) is 63.8 cm³/mol. The highest BCUT2D eigenvalue weighted by atomic mass is 16.5. The lowest BCUT2D eigenvalue weighted by molar-refractivity contribution is 0.0600. The largest absolute Gasteiger partial charge is 0.465 e. The fraction of sp³-hybridized carbons (Fsp3) is 0.462. The number of nitrogens with one attached hydrogen (secondary N) is 1. The average molecular weight is 219 g/mol. The Bertz CT molecular complexity index is 397. The summed E-state index contributed by atoms with van der Waals surface area (Å²) in [5, 5.41) is 3.46. The summed E-state index contributed by atoms with van der Waals surface area (Å²) in [5.41, 5.74) is 2.67. The van der Waals surface area contributed by atoms with Crippen LogP contribution in [-0.2, 0) is 4.74 Å². The molecule has 0 aromatic heterocycles. The predicted octanol–water partition coefficient (Wildman–Crippen LogP) is 2.75. The Balaban J connectivity index is 2.21. The Morgan fingerprint density at radius 2 is 2.19 bits per heavy atom. The highest BCUT2D eigenvalue weighted by Crippen LogP contribution is 2.26. The lowest BCUT2D eigenvalue weighted by atomic mass is 9.92. The van der Waals surface area contributed by atoms with Crippen LogP contribution in [0.15, 0.2) is 18.2 Å². The van der Waals surface area contributed by atoms with Gasteiger partial charge in [-0.2, -0.15) is 0 Å². The summed E-state index contributed by atoms with van der Waals surface area (Å²) in [6, 6.07) is 6.28. The van der Waals surface area contributed by atoms with Crippen LogP contribution in [0.1, 0.15) is 35.2 Å². The van der Waals surface area contributed by atoms with Crippen LogP contribution in [-0.4, -0.2) is 19.1 Å². The van der Waals surface area contributed by atoms with E-state index < -0.39 is 0 Å². The van der Waals surface area contributed by atoms with Crippen LogP contribution in [0.25, 0.3) is 0 Å². The van der Waals surface area contributed by atoms with Crippen molar-refractivity contribution in [2.45, 2.75) is 32.2 Å². The SMILES string of the molecule is COC(=O)c1cccc(NC2CCC2)c1C. The standard InChI is InChI=1S/C13H17NO2/c1-9-11(13(15)16-2)7-4-8-12(9)14-10-5-3-6-10/h4,7-8,10,14H,3,5-6H2,1-2H3. The number of carbonyl (C=O) groups is 1. The fourth-order valence-electron chi connectivity index (χ4n) is 1.90. The third kappa shape index (κ3) is 2.03. The molecule has 0 spiro atoms. The minimum atomic E-state index is -0.269. The Labute approximate surface area is 95.8 Å². The Hall–Kier alpha value is -1.51. The van der Waals surface area contributed by atoms with Gasteiger partial charge in [-0.25, -0.2) is 4.79 Å². The molecule has 2 rings (SSSR count). The first-order valence-corrected chi connectivity index (χ1v) is 5.67. The average Bonchev–Trinajstić information content (AvgIpc) is 2.24. The van der Waals surface area contributed by atoms with Gasteiger partial charge in [0.2, 0.25) is 0 Å². The number of carbonyl (C=O) groups excluding carboxylic acids is 1. The summed E-state index contributed by atoms with van der Waals surface area (Å²) >= 11 is 0. The highest BCUT2D eigenvalue weighted by molar-refractivity contribution is 5.92. The van der Waals surface area contributed by atoms with Gasteiger partial charge in [0.25, 0.3) is 0 Å². The van der Waals surface area contributed by atoms with Crippen LogP contribution in [0.5, 0.6) is 0 Å². The molecular formula is C13H17NO2. The highest BCUT2D eigenvalue weighted by Gasteiger charge is 2.19. The number of methoxy groups -OCH3 is 1. The van der Waals surface area contributed by atoms with Gasteiger partial charge in [0, 0.05) is 11.7 Å². The van der Waals surface area contributed by atoms with Gasteiger partial charge in [-0.1, -0.05) is 6.07 Å². The van der Waals surface area contributed by atoms with Crippen LogP contribution in [0.2, 0.25) is 0 Å². The molecule has 1 aliphatic rings. The van der Waals surface area contributed by atoms with Crippen LogP contribution in [0.3, 0.4) is 0 Å². The molecule has 0 unspecified atom stereocenters. The van der Waals surface area contributed by atoms with E-state index in [4.69, 9.17) is 4.74 Å². The Morgan fingerprint density at radius 3 is 2.75 bits per heavy atom. The van der Waals surface area contributed by atoms with Crippen molar-refractivity contribution in [3.05, 3.63) is 29.3 Å². The van der Waals surface area contributed by atoms with Gasteiger partial charge in [0.05, 0.1) is 12.7 Å². The smallest absolute Gasteiger partial charge is 0.338 e. The number of esters is 1. The maximum Gasteiger partial charge on any atom is 0.338 e. The van der Waals surface area contributed by atoms with E-state index in [0.29, 0.717) is 11.6 Å². The summed E-state index contributed by atoms with van der Waals surface area (Å²) in [6.07, 6.45) is 3.75. The molecule has 1 aromatic carbocycles. The molecule has 0 heterocycles. The second kappa shape index (κ2) is 4.56. The third-order valence-corrected chi connectivity index (χ3v) is 3.20. The molecule has 0 radical (unpaired) electrons. The van der Waals surface area contributed by atoms with Crippen molar-refractivity contribution in [1.82, 2.24) is 0 Å². The first-order chi connectivity index (χ1) is 7.72. The fourth-order valence-corrected chi connectivity index (χ4v) is 1.90. The van der Waals surface area contributed by atoms with E-state index in [1.54, 1.807) is 6.07 Å². The summed E-state index contributed by atoms with van der Waals surface area (Å²) in [4.78, 5) is 11.5. The molecule has 1 aliphatic carbocycles. The van der Waals surface area contributed by atoms with Crippen molar-refractivity contribution >= 4 is 11.7 Å². The molecule has 1 N–H and O–H groups in total. The molecular weight excluding hydrogens is 202 g/mol. The van der Waals surface area contributed by atoms with Gasteiger partial charge >= 0.3 is 5.97 Å². The molecule has 3 nitrogen and oxygen atoms in total. The zero-order chi connectivity index (χ0) is 11.5. The molecule has 0 amide bonds. The second-order valence-electron chi connectivity index (χ2n) is 4.24. The van der Waals surface area contributed by atoms with Crippen molar-refractivity contribution in [3.8, 4) is 0 Å². The molecule has 1 aromatic rings. The topological polar surface area (TPSA) is 38.3 Å². The minimum absolute atomic E-state index is 0.269. The van der Waals surface area contributed by atoms with Gasteiger partial charge in [-0.05, 0) is 43.9 Å². The normalized spacial score (nSPS) is 15.4. The van der Waals surface area contributed by atoms with Gasteiger partial charge < -0.3 is 10.1 Å². The van der Waals surface area contributed by atoms with Crippen molar-refractivity contribution in [1.29, 1.82) is 0 Å². The summed E-state index contributed by atoms with van der Waals surface area (Å²) in [6.45, 7) is 1.95. The molecule has 0 bridgehead atoms. The first kappa shape index (κ1) is 11.0. The van der Waals surface area contributed by atoms with E-state index in [-0.39, 0.29) is 5.97 Å². The Kier molecular flexibility index (Phi) is 3.13. The maximum atomic E-state index is 11.5. The molecule has 3 heteroatoms. The molecule has 0 aliphatic heterocycles. The number of anilines is 1. The molecule has 1 fully saturated rings. The summed E-state index contributed by atoms with van der Waals surface area (Å²) < 4.78 is 4.75. The van der Waals surface area contributed by atoms with Gasteiger partial charge in [-0.15, -0.1) is 0 Å². The Morgan fingerprint density at radius 1 is 1.44 bits per heavy atom. The van der Waals surface area contributed by atoms with E-state index in [2.05, 4.69) is 5.32 Å². The van der Waals surface area contributed by atoms with Crippen LogP contribution < -0.4 is 5.32 Å². The zero-order valence-electron chi connectivity index (χ0n) is 9.75. The minimum Gasteiger partial charge on any atom is -0.465 e. The number of hydrogen-bond donors (Lipinski definition) is 1. The zero-order valence-corrected chi connectivity index (χ0v) is 9.75. The van der Waals surface area contributed by atoms with Crippen LogP contribution >= 0.6 is 0 Å². The monoisotopic (exact) mass is 219 g/mol. The number of rotatable bonds is 3. The molecule has 0 atom stereocenters. The summed E-state index contributed by atoms with van der Waals surface area (Å²) in [5.74, 6) is -0.269. The van der Waals surface area contributed by atoms with E-state index in [1.807, 2.05) is 19.1 Å². The second-order valence-corrected chi connectivity index (χ2v) is 4.24. The van der Waals surface area contributed by atoms with E-state index in [1.165, 1.54) is 26.4 Å². The molecule has 86 valence electrons. The van der Waals surface area contributed by atoms with E-state index in [0.717, 1.165) is 11.3 Å². The number of benzene rings is 1. The number of ether oxygens (including phenoxy) is 1. The van der Waals surface area contributed by atoms with Crippen molar-refractivity contribution in [2.75, 3.05) is 12.4 Å². The van der Waals surface area contributed by atoms with Crippen LogP contribution in [0, 0.1) is 6.92 Å². The van der Waals surface area contributed by atoms with E-state index >= 15 is 0 Å². The van der Waals surface area contributed by atoms with Gasteiger partial charge in [0.1, 0.15) is 0 Å². The van der Waals surface area contributed by atoms with Gasteiger partial charge in [0.15, 0.2) is 0 Å². The lowest BCUT2D eigenvalue weighted by Gasteiger charge is -2.28.